The quantitative estimate of drug-likeness (QED) is 0.435. The van der Waals surface area contributed by atoms with E-state index in [2.05, 4.69) is 5.32 Å². The van der Waals surface area contributed by atoms with Gasteiger partial charge in [0.2, 0.25) is 6.10 Å². The molecule has 2 amide bonds. The summed E-state index contributed by atoms with van der Waals surface area (Å²) in [5.41, 5.74) is 2.09. The molecule has 0 aromatic heterocycles. The van der Waals surface area contributed by atoms with E-state index in [-0.39, 0.29) is 0 Å². The van der Waals surface area contributed by atoms with Gasteiger partial charge in [-0.2, -0.15) is 0 Å². The molecule has 0 fully saturated rings. The van der Waals surface area contributed by atoms with Crippen molar-refractivity contribution < 1.29 is 14.3 Å². The maximum atomic E-state index is 11.7. The van der Waals surface area contributed by atoms with Gasteiger partial charge in [0.15, 0.2) is 0 Å². The van der Waals surface area contributed by atoms with Gasteiger partial charge in [0.25, 0.3) is 5.91 Å². The number of hydrogen-bond donors (Lipinski definition) is 3. The Kier molecular flexibility index (Phi) is 4.88. The molecule has 4 N–H and O–H groups in total. The van der Waals surface area contributed by atoms with Crippen LogP contribution in [0.1, 0.15) is 32.4 Å². The lowest BCUT2D eigenvalue weighted by Crippen LogP contribution is -2.44. The molecule has 1 aromatic carbocycles. The number of alkyl carbamates (subject to hydrolysis) is 1. The van der Waals surface area contributed by atoms with Crippen molar-refractivity contribution in [3.05, 3.63) is 35.9 Å². The van der Waals surface area contributed by atoms with Crippen molar-refractivity contribution in [3.63, 3.8) is 0 Å². The first-order valence-corrected chi connectivity index (χ1v) is 5.87. The molecule has 0 radical (unpaired) electrons. The second-order valence-corrected chi connectivity index (χ2v) is 5.08. The topological polar surface area (TPSA) is 93.4 Å². The van der Waals surface area contributed by atoms with Crippen LogP contribution in [-0.2, 0) is 9.53 Å². The minimum atomic E-state index is -1.08. The molecule has 0 aliphatic heterocycles. The average Bonchev–Trinajstić information content (AvgIpc) is 2.34. The smallest absolute Gasteiger partial charge is 0.408 e. The van der Waals surface area contributed by atoms with Crippen molar-refractivity contribution in [2.75, 3.05) is 0 Å². The van der Waals surface area contributed by atoms with Crippen LogP contribution in [0.4, 0.5) is 4.79 Å². The van der Waals surface area contributed by atoms with E-state index in [0.29, 0.717) is 5.56 Å². The molecule has 0 aliphatic rings. The highest BCUT2D eigenvalue weighted by Crippen LogP contribution is 2.17. The number of nitrogens with two attached hydrogens (primary N) is 1. The Morgan fingerprint density at radius 1 is 1.21 bits per heavy atom. The molecule has 1 unspecified atom stereocenters. The zero-order valence-electron chi connectivity index (χ0n) is 11.3. The first kappa shape index (κ1) is 15.0. The molecule has 0 aliphatic carbocycles. The third kappa shape index (κ3) is 4.97. The fourth-order valence-corrected chi connectivity index (χ4v) is 1.42. The fraction of sp³-hybridized carbons (Fsp3) is 0.385. The summed E-state index contributed by atoms with van der Waals surface area (Å²) in [6.45, 7) is 5.44. The van der Waals surface area contributed by atoms with Crippen molar-refractivity contribution in [2.45, 2.75) is 32.4 Å². The molecule has 19 heavy (non-hydrogen) atoms. The van der Waals surface area contributed by atoms with E-state index in [9.17, 15) is 9.59 Å². The van der Waals surface area contributed by atoms with Gasteiger partial charge in [0, 0.05) is 11.1 Å². The van der Waals surface area contributed by atoms with Crippen LogP contribution in [0.3, 0.4) is 0 Å². The van der Waals surface area contributed by atoms with E-state index in [4.69, 9.17) is 10.6 Å². The Morgan fingerprint density at radius 2 is 1.79 bits per heavy atom. The number of rotatable bonds is 3. The minimum Gasteiger partial charge on any atom is -0.431 e. The summed E-state index contributed by atoms with van der Waals surface area (Å²) in [5, 5.41) is 2.62. The van der Waals surface area contributed by atoms with Gasteiger partial charge in [-0.3, -0.25) is 10.2 Å². The molecule has 1 atom stereocenters. The Hall–Kier alpha value is -2.08. The van der Waals surface area contributed by atoms with E-state index in [1.807, 2.05) is 26.2 Å². The van der Waals surface area contributed by atoms with E-state index < -0.39 is 23.6 Å². The summed E-state index contributed by atoms with van der Waals surface area (Å²) >= 11 is 0. The van der Waals surface area contributed by atoms with Gasteiger partial charge in [-0.05, 0) is 20.8 Å². The van der Waals surface area contributed by atoms with E-state index in [0.717, 1.165) is 0 Å². The number of ether oxygens (including phenoxy) is 1. The Balaban J connectivity index is 2.83. The first-order valence-electron chi connectivity index (χ1n) is 5.87. The van der Waals surface area contributed by atoms with Gasteiger partial charge in [-0.15, -0.1) is 0 Å². The van der Waals surface area contributed by atoms with Gasteiger partial charge < -0.3 is 10.1 Å². The molecule has 1 aromatic rings. The second-order valence-electron chi connectivity index (χ2n) is 5.08. The SMILES string of the molecule is CC(C)(C)NC(=O)OC(C(=O)NN)c1ccccc1. The van der Waals surface area contributed by atoms with Gasteiger partial charge >= 0.3 is 6.09 Å². The van der Waals surface area contributed by atoms with Gasteiger partial charge in [0.05, 0.1) is 0 Å². The molecular formula is C13H19N3O3. The minimum absolute atomic E-state index is 0.447. The predicted molar refractivity (Wildman–Crippen MR) is 70.9 cm³/mol. The number of carbonyl (C=O) groups is 2. The lowest BCUT2D eigenvalue weighted by atomic mass is 10.1. The van der Waals surface area contributed by atoms with Gasteiger partial charge in [0.1, 0.15) is 0 Å². The van der Waals surface area contributed by atoms with Crippen LogP contribution in [0.2, 0.25) is 0 Å². The number of hydrazine groups is 1. The fourth-order valence-electron chi connectivity index (χ4n) is 1.42. The first-order chi connectivity index (χ1) is 8.83. The standard InChI is InChI=1S/C13H19N3O3/c1-13(2,3)15-12(18)19-10(11(17)16-14)9-7-5-4-6-8-9/h4-8,10H,14H2,1-3H3,(H,15,18)(H,16,17). The van der Waals surface area contributed by atoms with Crippen molar-refractivity contribution in [3.8, 4) is 0 Å². The molecule has 0 bridgehead atoms. The highest BCUT2D eigenvalue weighted by Gasteiger charge is 2.25. The normalized spacial score (nSPS) is 12.4. The Morgan fingerprint density at radius 3 is 2.26 bits per heavy atom. The number of benzene rings is 1. The number of hydrogen-bond acceptors (Lipinski definition) is 4. The summed E-state index contributed by atoms with van der Waals surface area (Å²) in [5.74, 6) is 4.51. The van der Waals surface area contributed by atoms with Crippen molar-refractivity contribution in [1.29, 1.82) is 0 Å². The van der Waals surface area contributed by atoms with Crippen LogP contribution < -0.4 is 16.6 Å². The van der Waals surface area contributed by atoms with Crippen LogP contribution in [0.5, 0.6) is 0 Å². The van der Waals surface area contributed by atoms with Crippen LogP contribution in [-0.4, -0.2) is 17.5 Å². The molecular weight excluding hydrogens is 246 g/mol. The molecule has 0 heterocycles. The van der Waals surface area contributed by atoms with Crippen LogP contribution in [0.15, 0.2) is 30.3 Å². The Bertz CT molecular complexity index is 440. The monoisotopic (exact) mass is 265 g/mol. The molecule has 0 spiro atoms. The highest BCUT2D eigenvalue weighted by molar-refractivity contribution is 5.84. The maximum Gasteiger partial charge on any atom is 0.408 e. The largest absolute Gasteiger partial charge is 0.431 e. The summed E-state index contributed by atoms with van der Waals surface area (Å²) in [4.78, 5) is 23.4. The zero-order valence-corrected chi connectivity index (χ0v) is 11.3. The highest BCUT2D eigenvalue weighted by atomic mass is 16.6. The molecule has 6 nitrogen and oxygen atoms in total. The molecule has 1 rings (SSSR count). The number of amides is 2. The maximum absolute atomic E-state index is 11.7. The summed E-state index contributed by atoms with van der Waals surface area (Å²) < 4.78 is 5.12. The summed E-state index contributed by atoms with van der Waals surface area (Å²) in [7, 11) is 0. The lowest BCUT2D eigenvalue weighted by molar-refractivity contribution is -0.130. The number of carbonyl (C=O) groups excluding carboxylic acids is 2. The van der Waals surface area contributed by atoms with Crippen LogP contribution >= 0.6 is 0 Å². The second kappa shape index (κ2) is 6.19. The van der Waals surface area contributed by atoms with Crippen molar-refractivity contribution >= 4 is 12.0 Å². The molecule has 0 saturated heterocycles. The third-order valence-corrected chi connectivity index (χ3v) is 2.18. The van der Waals surface area contributed by atoms with E-state index in [1.165, 1.54) is 0 Å². The van der Waals surface area contributed by atoms with E-state index in [1.54, 1.807) is 30.3 Å². The average molecular weight is 265 g/mol. The third-order valence-electron chi connectivity index (χ3n) is 2.18. The van der Waals surface area contributed by atoms with Crippen LogP contribution in [0, 0.1) is 0 Å². The van der Waals surface area contributed by atoms with Crippen LogP contribution in [0.25, 0.3) is 0 Å². The number of nitrogens with one attached hydrogen (secondary N) is 2. The van der Waals surface area contributed by atoms with E-state index >= 15 is 0 Å². The van der Waals surface area contributed by atoms with Crippen molar-refractivity contribution in [2.24, 2.45) is 5.84 Å². The zero-order chi connectivity index (χ0) is 14.5. The molecule has 0 saturated carbocycles. The summed E-state index contributed by atoms with van der Waals surface area (Å²) in [6, 6.07) is 8.67. The molecule has 104 valence electrons. The van der Waals surface area contributed by atoms with Crippen molar-refractivity contribution in [1.82, 2.24) is 10.7 Å². The molecule has 6 heteroatoms. The van der Waals surface area contributed by atoms with Gasteiger partial charge in [-0.1, -0.05) is 30.3 Å². The van der Waals surface area contributed by atoms with Gasteiger partial charge in [-0.25, -0.2) is 10.6 Å². The summed E-state index contributed by atoms with van der Waals surface area (Å²) in [6.07, 6.45) is -1.75. The Labute approximate surface area is 112 Å². The lowest BCUT2D eigenvalue weighted by Gasteiger charge is -2.23. The predicted octanol–water partition coefficient (Wildman–Crippen LogP) is 1.24.